The van der Waals surface area contributed by atoms with E-state index in [9.17, 15) is 19.2 Å². The third kappa shape index (κ3) is 7.07. The number of amides is 2. The van der Waals surface area contributed by atoms with Gasteiger partial charge in [0.2, 0.25) is 5.91 Å². The van der Waals surface area contributed by atoms with E-state index in [4.69, 9.17) is 14.2 Å². The zero-order valence-electron chi connectivity index (χ0n) is 21.0. The Hall–Kier alpha value is -3.88. The molecule has 2 aromatic carbocycles. The van der Waals surface area contributed by atoms with Crippen LogP contribution in [0.5, 0.6) is 0 Å². The molecule has 1 aliphatic rings. The van der Waals surface area contributed by atoms with Crippen LogP contribution in [0.3, 0.4) is 0 Å². The topological polar surface area (TPSA) is 120 Å². The zero-order valence-corrected chi connectivity index (χ0v) is 21.0. The van der Waals surface area contributed by atoms with Crippen molar-refractivity contribution in [3.63, 3.8) is 0 Å². The number of esters is 2. The van der Waals surface area contributed by atoms with Gasteiger partial charge in [0.05, 0.1) is 13.0 Å². The smallest absolute Gasteiger partial charge is 0.407 e. The van der Waals surface area contributed by atoms with Gasteiger partial charge in [0, 0.05) is 5.92 Å². The molecular formula is C27H32N2O7. The van der Waals surface area contributed by atoms with E-state index in [0.29, 0.717) is 0 Å². The van der Waals surface area contributed by atoms with Crippen molar-refractivity contribution in [2.75, 3.05) is 19.8 Å². The second-order valence-corrected chi connectivity index (χ2v) is 9.34. The average molecular weight is 497 g/mol. The van der Waals surface area contributed by atoms with Crippen molar-refractivity contribution < 1.29 is 33.4 Å². The first kappa shape index (κ1) is 26.7. The van der Waals surface area contributed by atoms with Crippen LogP contribution in [0.1, 0.15) is 51.2 Å². The van der Waals surface area contributed by atoms with Crippen LogP contribution in [0.25, 0.3) is 11.1 Å². The van der Waals surface area contributed by atoms with Crippen LogP contribution in [0.15, 0.2) is 48.5 Å². The number of carbonyl (C=O) groups is 4. The van der Waals surface area contributed by atoms with Crippen molar-refractivity contribution in [1.82, 2.24) is 10.6 Å². The van der Waals surface area contributed by atoms with Crippen LogP contribution in [0.4, 0.5) is 4.79 Å². The monoisotopic (exact) mass is 496 g/mol. The fourth-order valence-electron chi connectivity index (χ4n) is 4.04. The van der Waals surface area contributed by atoms with Crippen molar-refractivity contribution in [1.29, 1.82) is 0 Å². The third-order valence-corrected chi connectivity index (χ3v) is 5.46. The van der Waals surface area contributed by atoms with E-state index >= 15 is 0 Å². The van der Waals surface area contributed by atoms with Gasteiger partial charge >= 0.3 is 18.0 Å². The summed E-state index contributed by atoms with van der Waals surface area (Å²) >= 11 is 0. The van der Waals surface area contributed by atoms with E-state index in [1.54, 1.807) is 27.7 Å². The highest BCUT2D eigenvalue weighted by Crippen LogP contribution is 2.44. The highest BCUT2D eigenvalue weighted by molar-refractivity contribution is 5.91. The van der Waals surface area contributed by atoms with Crippen LogP contribution < -0.4 is 10.6 Å². The SMILES string of the molecule is CCOC(=O)CNC(=O)[C@H](CC(=O)OC(C)(C)C)NC(=O)OCC1c2ccccc2-c2ccccc21. The maximum atomic E-state index is 12.7. The summed E-state index contributed by atoms with van der Waals surface area (Å²) < 4.78 is 15.6. The lowest BCUT2D eigenvalue weighted by molar-refractivity contribution is -0.156. The first-order chi connectivity index (χ1) is 17.1. The Kier molecular flexibility index (Phi) is 8.68. The van der Waals surface area contributed by atoms with Gasteiger partial charge in [0.15, 0.2) is 0 Å². The van der Waals surface area contributed by atoms with Gasteiger partial charge in [-0.3, -0.25) is 14.4 Å². The van der Waals surface area contributed by atoms with Crippen LogP contribution in [0.2, 0.25) is 0 Å². The minimum absolute atomic E-state index is 0.0451. The molecule has 3 rings (SSSR count). The molecule has 2 aromatic rings. The molecule has 0 heterocycles. The number of hydrogen-bond acceptors (Lipinski definition) is 7. The molecule has 0 bridgehead atoms. The van der Waals surface area contributed by atoms with E-state index < -0.39 is 48.5 Å². The number of rotatable bonds is 9. The molecule has 9 heteroatoms. The molecule has 36 heavy (non-hydrogen) atoms. The number of hydrogen-bond donors (Lipinski definition) is 2. The average Bonchev–Trinajstić information content (AvgIpc) is 3.13. The summed E-state index contributed by atoms with van der Waals surface area (Å²) in [4.78, 5) is 49.3. The lowest BCUT2D eigenvalue weighted by atomic mass is 9.98. The van der Waals surface area contributed by atoms with E-state index in [-0.39, 0.29) is 19.1 Å². The van der Waals surface area contributed by atoms with Gasteiger partial charge in [-0.1, -0.05) is 48.5 Å². The van der Waals surface area contributed by atoms with Crippen molar-refractivity contribution in [3.8, 4) is 11.1 Å². The van der Waals surface area contributed by atoms with Crippen LogP contribution in [0, 0.1) is 0 Å². The Bertz CT molecular complexity index is 1080. The zero-order chi connectivity index (χ0) is 26.3. The van der Waals surface area contributed by atoms with Gasteiger partial charge in [-0.15, -0.1) is 0 Å². The van der Waals surface area contributed by atoms with Crippen molar-refractivity contribution in [2.24, 2.45) is 0 Å². The predicted octanol–water partition coefficient (Wildman–Crippen LogP) is 3.30. The van der Waals surface area contributed by atoms with Crippen molar-refractivity contribution in [2.45, 2.75) is 51.7 Å². The second-order valence-electron chi connectivity index (χ2n) is 9.34. The first-order valence-corrected chi connectivity index (χ1v) is 11.9. The second kappa shape index (κ2) is 11.7. The highest BCUT2D eigenvalue weighted by Gasteiger charge is 2.31. The molecule has 0 saturated heterocycles. The Morgan fingerprint density at radius 2 is 1.47 bits per heavy atom. The Balaban J connectivity index is 1.66. The number of ether oxygens (including phenoxy) is 3. The summed E-state index contributed by atoms with van der Waals surface area (Å²) in [6, 6.07) is 14.5. The molecule has 0 aliphatic heterocycles. The Labute approximate surface area is 210 Å². The molecule has 1 atom stereocenters. The molecule has 0 aromatic heterocycles. The molecule has 9 nitrogen and oxygen atoms in total. The third-order valence-electron chi connectivity index (χ3n) is 5.46. The van der Waals surface area contributed by atoms with E-state index in [1.165, 1.54) is 0 Å². The van der Waals surface area contributed by atoms with E-state index in [0.717, 1.165) is 22.3 Å². The lowest BCUT2D eigenvalue weighted by Crippen LogP contribution is -2.49. The normalized spacial score (nSPS) is 13.1. The largest absolute Gasteiger partial charge is 0.465 e. The van der Waals surface area contributed by atoms with Crippen molar-refractivity contribution in [3.05, 3.63) is 59.7 Å². The summed E-state index contributed by atoms with van der Waals surface area (Å²) in [6.45, 7) is 6.53. The molecule has 2 N–H and O–H groups in total. The summed E-state index contributed by atoms with van der Waals surface area (Å²) in [7, 11) is 0. The first-order valence-electron chi connectivity index (χ1n) is 11.9. The van der Waals surface area contributed by atoms with Crippen LogP contribution in [-0.2, 0) is 28.6 Å². The van der Waals surface area contributed by atoms with Crippen LogP contribution >= 0.6 is 0 Å². The lowest BCUT2D eigenvalue weighted by Gasteiger charge is -2.23. The van der Waals surface area contributed by atoms with E-state index in [2.05, 4.69) is 10.6 Å². The number of nitrogens with one attached hydrogen (secondary N) is 2. The molecule has 1 aliphatic carbocycles. The van der Waals surface area contributed by atoms with Crippen LogP contribution in [-0.4, -0.2) is 55.3 Å². The molecule has 2 amide bonds. The maximum Gasteiger partial charge on any atom is 0.407 e. The molecule has 0 saturated carbocycles. The van der Waals surface area contributed by atoms with Gasteiger partial charge < -0.3 is 24.8 Å². The maximum absolute atomic E-state index is 12.7. The van der Waals surface area contributed by atoms with E-state index in [1.807, 2.05) is 48.5 Å². The van der Waals surface area contributed by atoms with Gasteiger partial charge in [-0.05, 0) is 49.9 Å². The molecule has 0 fully saturated rings. The quantitative estimate of drug-likeness (QED) is 0.404. The minimum Gasteiger partial charge on any atom is -0.465 e. The number of alkyl carbamates (subject to hydrolysis) is 1. The number of benzene rings is 2. The summed E-state index contributed by atoms with van der Waals surface area (Å²) in [5.41, 5.74) is 3.49. The fraction of sp³-hybridized carbons (Fsp3) is 0.407. The number of fused-ring (bicyclic) bond motifs is 3. The molecule has 0 radical (unpaired) electrons. The highest BCUT2D eigenvalue weighted by atomic mass is 16.6. The minimum atomic E-state index is -1.30. The van der Waals surface area contributed by atoms with Gasteiger partial charge in [0.25, 0.3) is 0 Å². The Morgan fingerprint density at radius 3 is 2.03 bits per heavy atom. The van der Waals surface area contributed by atoms with Gasteiger partial charge in [-0.2, -0.15) is 0 Å². The Morgan fingerprint density at radius 1 is 0.889 bits per heavy atom. The summed E-state index contributed by atoms with van der Waals surface area (Å²) in [5.74, 6) is -2.21. The predicted molar refractivity (Wildman–Crippen MR) is 132 cm³/mol. The fourth-order valence-corrected chi connectivity index (χ4v) is 4.04. The summed E-state index contributed by atoms with van der Waals surface area (Å²) in [5, 5.41) is 4.81. The molecule has 0 unspecified atom stereocenters. The molecular weight excluding hydrogens is 464 g/mol. The molecule has 192 valence electrons. The van der Waals surface area contributed by atoms with Gasteiger partial charge in [0.1, 0.15) is 24.8 Å². The summed E-state index contributed by atoms with van der Waals surface area (Å²) in [6.07, 6.45) is -1.30. The standard InChI is InChI=1S/C27H32N2O7/c1-5-34-24(31)15-28-25(32)22(14-23(30)36-27(2,3)4)29-26(33)35-16-21-19-12-8-6-10-17(19)18-11-7-9-13-20(18)21/h6-13,21-22H,5,14-16H2,1-4H3,(H,28,32)(H,29,33)/t22-/m0/s1. The van der Waals surface area contributed by atoms with Crippen molar-refractivity contribution >= 4 is 23.9 Å². The number of carbonyl (C=O) groups excluding carboxylic acids is 4. The van der Waals surface area contributed by atoms with Gasteiger partial charge in [-0.25, -0.2) is 4.79 Å². The molecule has 0 spiro atoms.